The van der Waals surface area contributed by atoms with Crippen LogP contribution in [-0.2, 0) is 90.3 Å². The number of nitrogens with one attached hydrogen (secondary N) is 5. The second kappa shape index (κ2) is 42.1. The van der Waals surface area contributed by atoms with E-state index in [1.54, 1.807) is 0 Å². The molecule has 0 aromatic rings. The molecule has 6 rings (SSSR count). The molecule has 6 fully saturated rings. The normalized spacial score (nSPS) is 39.0. The Morgan fingerprint density at radius 3 is 1.20 bits per heavy atom. The summed E-state index contributed by atoms with van der Waals surface area (Å²) >= 11 is 0. The summed E-state index contributed by atoms with van der Waals surface area (Å²) in [6.07, 6.45) is -25.3. The van der Waals surface area contributed by atoms with E-state index in [0.29, 0.717) is 6.42 Å². The molecule has 12 unspecified atom stereocenters. The molecular formula is C65H111N5O31. The topological polar surface area (TPSA) is 525 Å². The molecule has 0 aromatic carbocycles. The van der Waals surface area contributed by atoms with Crippen LogP contribution in [0.4, 0.5) is 0 Å². The van der Waals surface area contributed by atoms with Gasteiger partial charge in [0.1, 0.15) is 147 Å². The van der Waals surface area contributed by atoms with Crippen molar-refractivity contribution in [3.63, 3.8) is 0 Å². The minimum atomic E-state index is -2.06. The molecule has 0 spiro atoms. The molecule has 582 valence electrons. The quantitative estimate of drug-likeness (QED) is 0.0157. The average molecular weight is 1460 g/mol. The van der Waals surface area contributed by atoms with E-state index in [1.165, 1.54) is 39.7 Å². The van der Waals surface area contributed by atoms with Crippen LogP contribution < -0.4 is 26.6 Å². The van der Waals surface area contributed by atoms with Gasteiger partial charge in [0.05, 0.1) is 32.5 Å². The molecule has 6 aliphatic rings. The van der Waals surface area contributed by atoms with E-state index < -0.39 is 252 Å². The molecule has 0 saturated carbocycles. The van der Waals surface area contributed by atoms with Crippen molar-refractivity contribution in [2.75, 3.05) is 40.1 Å². The predicted octanol–water partition coefficient (Wildman–Crippen LogP) is -5.11. The number of aliphatic hydroxyl groups is 12. The molecule has 6 aliphatic heterocycles. The van der Waals surface area contributed by atoms with Gasteiger partial charge in [0, 0.05) is 48.1 Å². The Hall–Kier alpha value is -4.40. The molecule has 17 N–H and O–H groups in total. The minimum absolute atomic E-state index is 0.00347. The smallest absolute Gasteiger partial charge is 0.302 e. The molecule has 36 nitrogen and oxygen atoms in total. The Balaban J connectivity index is 1.17. The zero-order chi connectivity index (χ0) is 74.4. The number of methoxy groups -OCH3 is 1. The van der Waals surface area contributed by atoms with E-state index in [9.17, 15) is 90.0 Å². The van der Waals surface area contributed by atoms with Crippen LogP contribution in [0, 0.1) is 0 Å². The highest BCUT2D eigenvalue weighted by atomic mass is 16.8. The van der Waals surface area contributed by atoms with Gasteiger partial charge < -0.3 is 149 Å². The third-order valence-corrected chi connectivity index (χ3v) is 18.5. The number of allylic oxidation sites excluding steroid dienone is 2. The Morgan fingerprint density at radius 2 is 0.782 bits per heavy atom. The number of hydrogen-bond donors (Lipinski definition) is 17. The van der Waals surface area contributed by atoms with Crippen molar-refractivity contribution < 1.29 is 152 Å². The third-order valence-electron chi connectivity index (χ3n) is 18.5. The highest BCUT2D eigenvalue weighted by Gasteiger charge is 2.58. The number of hydrogen-bond acceptors (Lipinski definition) is 31. The third kappa shape index (κ3) is 24.1. The fourth-order valence-corrected chi connectivity index (χ4v) is 13.2. The highest BCUT2D eigenvalue weighted by molar-refractivity contribution is 5.76. The Kier molecular flexibility index (Phi) is 35.6. The molecule has 0 radical (unpaired) electrons. The van der Waals surface area contributed by atoms with Gasteiger partial charge in [-0.3, -0.25) is 28.8 Å². The molecule has 101 heavy (non-hydrogen) atoms. The maximum absolute atomic E-state index is 13.6. The molecule has 0 bridgehead atoms. The summed E-state index contributed by atoms with van der Waals surface area (Å²) in [7, 11) is 1.21. The van der Waals surface area contributed by atoms with E-state index in [0.717, 1.165) is 86.0 Å². The van der Waals surface area contributed by atoms with E-state index >= 15 is 0 Å². The SMILES string of the molecule is CCCCCC/C=C\CCCCCCCCCC(=O)N[C@@H]1C(O[C@@H]2C(CO)OC(O[C@@H]3C(CO)OC(O[C@@H]4C(CO)OC(O[C@@H]5C(CO[C@@H]6OC(C)[C@@H](O)C(O)[C@H]6OC)OC(O)[C@@H](NC(C)=O)[C@H]5O)[C@@H](NC(C)=O)[C@H]4O)[C@@H](NC(C)=O)[C@H]3O)[C@@H](NC(C)=O)[C@H]2O)OC(COC(C)=O)[C@@H](O)[C@@H]1O. The van der Waals surface area contributed by atoms with E-state index in [2.05, 4.69) is 45.7 Å². The second-order valence-corrected chi connectivity index (χ2v) is 26.5. The van der Waals surface area contributed by atoms with Crippen LogP contribution in [0.2, 0.25) is 0 Å². The lowest BCUT2D eigenvalue weighted by Crippen LogP contribution is -2.72. The molecule has 6 heterocycles. The lowest BCUT2D eigenvalue weighted by Gasteiger charge is -2.51. The standard InChI is InChI=1S/C65H111N5O31/c1-9-10-11-12-13-14-15-16-17-18-19-20-21-22-23-24-41(79)70-43-49(82)48(81)39(28-90-35(7)78)97-61(43)98-55-36(25-71)94-62(44(51(55)84)67-32(4)75)99-56-37(26-72)95-63(45(52(56)85)68-33(5)76)100-57-38(27-73)96-64(46(53(57)86)69-34(6)77)101-58-40(93-60(88)42(50(58)83)66-31(3)74)29-91-65-59(89-8)54(87)47(80)30(2)92-65/h14-15,30,36-40,42-65,71-73,80-88H,9-13,16-29H2,1-8H3,(H,66,74)(H,67,75)(H,68,76)(H,69,77)(H,70,79)/b15-14-/t30?,36?,37?,38?,39?,40?,42-,43-,44-,45-,46-,47+,48+,49+,50+,51+,52+,53+,54?,55+,56+,57+,58+,59+,60?,61?,62?,63?,64?,65+/m0/s1. The van der Waals surface area contributed by atoms with Gasteiger partial charge in [-0.25, -0.2) is 0 Å². The number of unbranched alkanes of at least 4 members (excludes halogenated alkanes) is 11. The number of esters is 1. The Labute approximate surface area is 586 Å². The van der Waals surface area contributed by atoms with Crippen LogP contribution in [0.5, 0.6) is 0 Å². The summed E-state index contributed by atoms with van der Waals surface area (Å²) in [5, 5.41) is 149. The van der Waals surface area contributed by atoms with E-state index in [1.807, 2.05) is 0 Å². The van der Waals surface area contributed by atoms with Gasteiger partial charge in [-0.15, -0.1) is 0 Å². The molecule has 5 amide bonds. The van der Waals surface area contributed by atoms with Gasteiger partial charge in [0.15, 0.2) is 37.7 Å². The van der Waals surface area contributed by atoms with Crippen LogP contribution in [0.1, 0.15) is 138 Å². The van der Waals surface area contributed by atoms with Crippen molar-refractivity contribution in [2.45, 2.75) is 322 Å². The maximum Gasteiger partial charge on any atom is 0.302 e. The van der Waals surface area contributed by atoms with Crippen LogP contribution in [0.3, 0.4) is 0 Å². The largest absolute Gasteiger partial charge is 0.463 e. The van der Waals surface area contributed by atoms with Crippen molar-refractivity contribution in [1.82, 2.24) is 26.6 Å². The van der Waals surface area contributed by atoms with Crippen LogP contribution in [0.15, 0.2) is 12.2 Å². The first-order chi connectivity index (χ1) is 48.1. The lowest BCUT2D eigenvalue weighted by molar-refractivity contribution is -0.368. The molecule has 6 saturated heterocycles. The predicted molar refractivity (Wildman–Crippen MR) is 344 cm³/mol. The number of ether oxygens (including phenoxy) is 13. The molecule has 36 heteroatoms. The van der Waals surface area contributed by atoms with Gasteiger partial charge >= 0.3 is 5.97 Å². The van der Waals surface area contributed by atoms with Crippen molar-refractivity contribution in [1.29, 1.82) is 0 Å². The highest BCUT2D eigenvalue weighted by Crippen LogP contribution is 2.37. The van der Waals surface area contributed by atoms with E-state index in [-0.39, 0.29) is 6.42 Å². The van der Waals surface area contributed by atoms with Crippen LogP contribution in [0.25, 0.3) is 0 Å². The second-order valence-electron chi connectivity index (χ2n) is 26.5. The van der Waals surface area contributed by atoms with Crippen molar-refractivity contribution >= 4 is 35.5 Å². The summed E-state index contributed by atoms with van der Waals surface area (Å²) in [5.41, 5.74) is 0. The van der Waals surface area contributed by atoms with Crippen LogP contribution >= 0.6 is 0 Å². The van der Waals surface area contributed by atoms with Crippen molar-refractivity contribution in [3.8, 4) is 0 Å². The van der Waals surface area contributed by atoms with Gasteiger partial charge in [0.2, 0.25) is 29.5 Å². The molecular weight excluding hydrogens is 1350 g/mol. The Bertz CT molecular complexity index is 2570. The van der Waals surface area contributed by atoms with Crippen LogP contribution in [-0.4, -0.2) is 321 Å². The maximum atomic E-state index is 13.6. The fraction of sp³-hybridized carbons (Fsp3) is 0.877. The fourth-order valence-electron chi connectivity index (χ4n) is 13.2. The summed E-state index contributed by atoms with van der Waals surface area (Å²) in [5.74, 6) is -4.53. The summed E-state index contributed by atoms with van der Waals surface area (Å²) in [4.78, 5) is 76.7. The number of amides is 5. The summed E-state index contributed by atoms with van der Waals surface area (Å²) in [6, 6.07) is -8.44. The summed E-state index contributed by atoms with van der Waals surface area (Å²) < 4.78 is 77.4. The number of carbonyl (C=O) groups excluding carboxylic acids is 6. The molecule has 0 aliphatic carbocycles. The Morgan fingerprint density at radius 1 is 0.396 bits per heavy atom. The first-order valence-electron chi connectivity index (χ1n) is 34.9. The zero-order valence-electron chi connectivity index (χ0n) is 58.5. The first kappa shape index (κ1) is 85.5. The van der Waals surface area contributed by atoms with E-state index in [4.69, 9.17) is 61.6 Å². The molecule has 30 atom stereocenters. The minimum Gasteiger partial charge on any atom is -0.463 e. The summed E-state index contributed by atoms with van der Waals surface area (Å²) in [6.45, 7) is 4.63. The number of carbonyl (C=O) groups is 6. The average Bonchev–Trinajstić information content (AvgIpc) is 0.774. The lowest BCUT2D eigenvalue weighted by atomic mass is 9.93. The van der Waals surface area contributed by atoms with Crippen molar-refractivity contribution in [3.05, 3.63) is 12.2 Å². The number of aliphatic hydroxyl groups excluding tert-OH is 12. The van der Waals surface area contributed by atoms with Gasteiger partial charge in [0.25, 0.3) is 0 Å². The first-order valence-corrected chi connectivity index (χ1v) is 34.9. The number of rotatable bonds is 37. The van der Waals surface area contributed by atoms with Gasteiger partial charge in [-0.2, -0.15) is 0 Å². The monoisotopic (exact) mass is 1460 g/mol. The van der Waals surface area contributed by atoms with Crippen molar-refractivity contribution in [2.24, 2.45) is 0 Å². The van der Waals surface area contributed by atoms with Gasteiger partial charge in [-0.1, -0.05) is 70.4 Å². The molecule has 0 aromatic heterocycles. The zero-order valence-corrected chi connectivity index (χ0v) is 58.5. The van der Waals surface area contributed by atoms with Gasteiger partial charge in [-0.05, 0) is 39.0 Å².